The van der Waals surface area contributed by atoms with E-state index in [1.807, 2.05) is 55.5 Å². The first-order valence-electron chi connectivity index (χ1n) is 8.57. The summed E-state index contributed by atoms with van der Waals surface area (Å²) in [7, 11) is 0. The van der Waals surface area contributed by atoms with E-state index in [1.54, 1.807) is 0 Å². The lowest BCUT2D eigenvalue weighted by molar-refractivity contribution is 0.102. The SMILES string of the molecule is Cc1ccc(CO)cc1NC(=O)c1cc(C2CC2)nc2ccccc12. The number of carbonyl (C=O) groups is 1. The van der Waals surface area contributed by atoms with Crippen LogP contribution in [0.1, 0.15) is 45.9 Å². The van der Waals surface area contributed by atoms with Gasteiger partial charge in [-0.05, 0) is 49.1 Å². The van der Waals surface area contributed by atoms with Gasteiger partial charge >= 0.3 is 0 Å². The molecule has 1 aliphatic carbocycles. The maximum atomic E-state index is 13.0. The Labute approximate surface area is 146 Å². The maximum absolute atomic E-state index is 13.0. The van der Waals surface area contributed by atoms with E-state index >= 15 is 0 Å². The molecule has 0 radical (unpaired) electrons. The number of rotatable bonds is 4. The zero-order chi connectivity index (χ0) is 17.4. The normalized spacial score (nSPS) is 13.8. The largest absolute Gasteiger partial charge is 0.392 e. The second kappa shape index (κ2) is 6.30. The van der Waals surface area contributed by atoms with Crippen LogP contribution in [0.2, 0.25) is 0 Å². The van der Waals surface area contributed by atoms with Crippen LogP contribution in [0.3, 0.4) is 0 Å². The molecule has 3 aromatic rings. The fraction of sp³-hybridized carbons (Fsp3) is 0.238. The van der Waals surface area contributed by atoms with Gasteiger partial charge in [0.25, 0.3) is 5.91 Å². The third-order valence-corrected chi connectivity index (χ3v) is 4.71. The molecule has 1 fully saturated rings. The summed E-state index contributed by atoms with van der Waals surface area (Å²) < 4.78 is 0. The van der Waals surface area contributed by atoms with Crippen LogP contribution in [0.15, 0.2) is 48.5 Å². The Morgan fingerprint density at radius 1 is 1.20 bits per heavy atom. The molecule has 0 saturated heterocycles. The van der Waals surface area contributed by atoms with Crippen LogP contribution in [-0.2, 0) is 6.61 Å². The molecule has 0 unspecified atom stereocenters. The number of pyridine rings is 1. The molecule has 0 spiro atoms. The molecule has 0 bridgehead atoms. The number of benzene rings is 2. The molecule has 2 N–H and O–H groups in total. The first kappa shape index (κ1) is 15.8. The van der Waals surface area contributed by atoms with Crippen LogP contribution in [0.25, 0.3) is 10.9 Å². The zero-order valence-corrected chi connectivity index (χ0v) is 14.1. The molecule has 1 saturated carbocycles. The van der Waals surface area contributed by atoms with Gasteiger partial charge in [-0.3, -0.25) is 9.78 Å². The monoisotopic (exact) mass is 332 g/mol. The van der Waals surface area contributed by atoms with Gasteiger partial charge in [0.15, 0.2) is 0 Å². The number of aliphatic hydroxyl groups is 1. The molecule has 4 rings (SSSR count). The van der Waals surface area contributed by atoms with Gasteiger partial charge in [0, 0.05) is 22.7 Å². The lowest BCUT2D eigenvalue weighted by Crippen LogP contribution is -2.14. The summed E-state index contributed by atoms with van der Waals surface area (Å²) in [6.45, 7) is 1.89. The van der Waals surface area contributed by atoms with Gasteiger partial charge in [0.05, 0.1) is 17.7 Å². The van der Waals surface area contributed by atoms with E-state index in [1.165, 1.54) is 0 Å². The number of hydrogen-bond acceptors (Lipinski definition) is 3. The molecule has 1 amide bonds. The molecule has 126 valence electrons. The molecule has 4 heteroatoms. The number of nitrogens with one attached hydrogen (secondary N) is 1. The predicted octanol–water partition coefficient (Wildman–Crippen LogP) is 4.17. The van der Waals surface area contributed by atoms with Gasteiger partial charge in [-0.2, -0.15) is 0 Å². The van der Waals surface area contributed by atoms with E-state index < -0.39 is 0 Å². The topological polar surface area (TPSA) is 62.2 Å². The zero-order valence-electron chi connectivity index (χ0n) is 14.1. The van der Waals surface area contributed by atoms with Gasteiger partial charge in [-0.15, -0.1) is 0 Å². The van der Waals surface area contributed by atoms with Crippen molar-refractivity contribution in [2.24, 2.45) is 0 Å². The Bertz CT molecular complexity index is 961. The summed E-state index contributed by atoms with van der Waals surface area (Å²) in [5.74, 6) is 0.342. The highest BCUT2D eigenvalue weighted by Gasteiger charge is 2.27. The lowest BCUT2D eigenvalue weighted by atomic mass is 10.0. The van der Waals surface area contributed by atoms with Gasteiger partial charge in [-0.1, -0.05) is 30.3 Å². The number of para-hydroxylation sites is 1. The quantitative estimate of drug-likeness (QED) is 0.754. The Morgan fingerprint density at radius 2 is 2.00 bits per heavy atom. The molecule has 0 aliphatic heterocycles. The first-order valence-corrected chi connectivity index (χ1v) is 8.57. The summed E-state index contributed by atoms with van der Waals surface area (Å²) in [4.78, 5) is 17.7. The minimum Gasteiger partial charge on any atom is -0.392 e. The summed E-state index contributed by atoms with van der Waals surface area (Å²) >= 11 is 0. The average molecular weight is 332 g/mol. The van der Waals surface area contributed by atoms with E-state index in [0.717, 1.165) is 46.3 Å². The van der Waals surface area contributed by atoms with Gasteiger partial charge in [0.2, 0.25) is 0 Å². The molecule has 1 aliphatic rings. The fourth-order valence-electron chi connectivity index (χ4n) is 3.06. The van der Waals surface area contributed by atoms with Crippen molar-refractivity contribution in [2.45, 2.75) is 32.3 Å². The molecular weight excluding hydrogens is 312 g/mol. The van der Waals surface area contributed by atoms with E-state index in [0.29, 0.717) is 11.5 Å². The van der Waals surface area contributed by atoms with Crippen molar-refractivity contribution in [1.29, 1.82) is 0 Å². The van der Waals surface area contributed by atoms with Crippen LogP contribution in [0.4, 0.5) is 5.69 Å². The molecule has 1 heterocycles. The Morgan fingerprint density at radius 3 is 2.76 bits per heavy atom. The van der Waals surface area contributed by atoms with Crippen molar-refractivity contribution < 1.29 is 9.90 Å². The number of carbonyl (C=O) groups excluding carboxylic acids is 1. The second-order valence-electron chi connectivity index (χ2n) is 6.65. The number of aryl methyl sites for hydroxylation is 1. The number of fused-ring (bicyclic) bond motifs is 1. The van der Waals surface area contributed by atoms with Crippen molar-refractivity contribution in [3.8, 4) is 0 Å². The third kappa shape index (κ3) is 3.13. The second-order valence-corrected chi connectivity index (χ2v) is 6.65. The highest BCUT2D eigenvalue weighted by molar-refractivity contribution is 6.12. The number of amides is 1. The molecule has 2 aromatic carbocycles. The fourth-order valence-corrected chi connectivity index (χ4v) is 3.06. The maximum Gasteiger partial charge on any atom is 0.256 e. The average Bonchev–Trinajstić information content (AvgIpc) is 3.47. The third-order valence-electron chi connectivity index (χ3n) is 4.71. The van der Waals surface area contributed by atoms with E-state index in [-0.39, 0.29) is 12.5 Å². The number of aromatic nitrogens is 1. The Hall–Kier alpha value is -2.72. The van der Waals surface area contributed by atoms with Crippen molar-refractivity contribution >= 4 is 22.5 Å². The Balaban J connectivity index is 1.75. The van der Waals surface area contributed by atoms with Gasteiger partial charge < -0.3 is 10.4 Å². The van der Waals surface area contributed by atoms with Crippen LogP contribution in [0.5, 0.6) is 0 Å². The van der Waals surface area contributed by atoms with Crippen LogP contribution >= 0.6 is 0 Å². The molecule has 1 aromatic heterocycles. The van der Waals surface area contributed by atoms with Gasteiger partial charge in [0.1, 0.15) is 0 Å². The summed E-state index contributed by atoms with van der Waals surface area (Å²) in [5.41, 5.74) is 4.99. The van der Waals surface area contributed by atoms with E-state index in [9.17, 15) is 9.90 Å². The summed E-state index contributed by atoms with van der Waals surface area (Å²) in [6, 6.07) is 15.3. The number of aliphatic hydroxyl groups excluding tert-OH is 1. The summed E-state index contributed by atoms with van der Waals surface area (Å²) in [6.07, 6.45) is 2.29. The number of anilines is 1. The van der Waals surface area contributed by atoms with Crippen molar-refractivity contribution in [2.75, 3.05) is 5.32 Å². The van der Waals surface area contributed by atoms with Crippen LogP contribution < -0.4 is 5.32 Å². The predicted molar refractivity (Wildman–Crippen MR) is 98.8 cm³/mol. The van der Waals surface area contributed by atoms with Crippen molar-refractivity contribution in [3.63, 3.8) is 0 Å². The first-order chi connectivity index (χ1) is 12.2. The van der Waals surface area contributed by atoms with E-state index in [2.05, 4.69) is 5.32 Å². The molecule has 0 atom stereocenters. The minimum absolute atomic E-state index is 0.0484. The van der Waals surface area contributed by atoms with Crippen LogP contribution in [-0.4, -0.2) is 16.0 Å². The molecular formula is C21H20N2O2. The highest BCUT2D eigenvalue weighted by Crippen LogP contribution is 2.40. The molecule has 4 nitrogen and oxygen atoms in total. The minimum atomic E-state index is -0.140. The smallest absolute Gasteiger partial charge is 0.256 e. The van der Waals surface area contributed by atoms with Crippen molar-refractivity contribution in [1.82, 2.24) is 4.98 Å². The van der Waals surface area contributed by atoms with E-state index in [4.69, 9.17) is 4.98 Å². The number of nitrogens with zero attached hydrogens (tertiary/aromatic N) is 1. The molecule has 25 heavy (non-hydrogen) atoms. The van der Waals surface area contributed by atoms with Crippen molar-refractivity contribution in [3.05, 3.63) is 70.9 Å². The Kier molecular flexibility index (Phi) is 3.98. The number of hydrogen-bond donors (Lipinski definition) is 2. The standard InChI is InChI=1S/C21H20N2O2/c1-13-6-7-14(12-24)10-19(13)23-21(25)17-11-20(15-8-9-15)22-18-5-3-2-4-16(17)18/h2-7,10-11,15,24H,8-9,12H2,1H3,(H,23,25). The highest BCUT2D eigenvalue weighted by atomic mass is 16.3. The lowest BCUT2D eigenvalue weighted by Gasteiger charge is -2.12. The summed E-state index contributed by atoms with van der Waals surface area (Å²) in [5, 5.41) is 13.2. The van der Waals surface area contributed by atoms with Gasteiger partial charge in [-0.25, -0.2) is 0 Å². The van der Waals surface area contributed by atoms with Crippen LogP contribution in [0, 0.1) is 6.92 Å².